The van der Waals surface area contributed by atoms with E-state index in [1.807, 2.05) is 0 Å². The number of hydrogen-bond acceptors (Lipinski definition) is 4. The van der Waals surface area contributed by atoms with Crippen LogP contribution in [0.5, 0.6) is 0 Å². The first kappa shape index (κ1) is 27.3. The highest BCUT2D eigenvalue weighted by Gasteiger charge is 2.65. The average molecular weight is 494 g/mol. The van der Waals surface area contributed by atoms with E-state index in [0.29, 0.717) is 42.6 Å². The number of carbonyl (C=O) groups excluding carboxylic acids is 1. The van der Waals surface area contributed by atoms with Gasteiger partial charge in [0, 0.05) is 6.42 Å². The van der Waals surface area contributed by atoms with E-state index in [-0.39, 0.29) is 41.0 Å². The molecule has 6 nitrogen and oxygen atoms in total. The zero-order chi connectivity index (χ0) is 25.8. The van der Waals surface area contributed by atoms with Gasteiger partial charge in [-0.3, -0.25) is 4.79 Å². The van der Waals surface area contributed by atoms with Crippen LogP contribution in [0, 0.1) is 46.3 Å². The Morgan fingerprint density at radius 3 is 2.43 bits per heavy atom. The predicted octanol–water partition coefficient (Wildman–Crippen LogP) is 3.19. The Kier molecular flexibility index (Phi) is 7.72. The smallest absolute Gasteiger partial charge is 0.220 e. The summed E-state index contributed by atoms with van der Waals surface area (Å²) in [5.41, 5.74) is -0.0852. The normalized spacial score (nSPS) is 46.3. The lowest BCUT2D eigenvalue weighted by atomic mass is 9.43. The van der Waals surface area contributed by atoms with E-state index < -0.39 is 0 Å². The van der Waals surface area contributed by atoms with Crippen LogP contribution < -0.4 is 5.32 Å². The van der Waals surface area contributed by atoms with Gasteiger partial charge in [0.15, 0.2) is 0 Å². The van der Waals surface area contributed by atoms with Crippen LogP contribution in [0.1, 0.15) is 78.6 Å². The fourth-order valence-electron chi connectivity index (χ4n) is 9.31. The van der Waals surface area contributed by atoms with Crippen LogP contribution in [0.4, 0.5) is 0 Å². The monoisotopic (exact) mass is 493 g/mol. The van der Waals surface area contributed by atoms with E-state index in [2.05, 4.69) is 47.2 Å². The Bertz CT molecular complexity index is 768. The van der Waals surface area contributed by atoms with E-state index in [9.17, 15) is 20.1 Å². The first-order valence-corrected chi connectivity index (χ1v) is 14.4. The van der Waals surface area contributed by atoms with E-state index in [1.165, 1.54) is 0 Å². The lowest BCUT2D eigenvalue weighted by Gasteiger charge is -2.63. The molecule has 202 valence electrons. The molecule has 0 aromatic carbocycles. The van der Waals surface area contributed by atoms with Crippen LogP contribution in [0.3, 0.4) is 0 Å². The number of nitrogens with one attached hydrogen (secondary N) is 1. The summed E-state index contributed by atoms with van der Waals surface area (Å²) in [5.74, 6) is 2.15. The maximum absolute atomic E-state index is 12.5. The topological polar surface area (TPSA) is 89.8 Å². The highest BCUT2D eigenvalue weighted by Crippen LogP contribution is 2.68. The Morgan fingerprint density at radius 2 is 1.74 bits per heavy atom. The fraction of sp³-hybridized carbons (Fsp3) is 0.966. The second-order valence-electron chi connectivity index (χ2n) is 14.4. The predicted molar refractivity (Wildman–Crippen MR) is 138 cm³/mol. The third-order valence-corrected chi connectivity index (χ3v) is 11.5. The van der Waals surface area contributed by atoms with Crippen LogP contribution in [0.15, 0.2) is 0 Å². The molecule has 0 aromatic rings. The molecule has 0 spiro atoms. The van der Waals surface area contributed by atoms with E-state index in [0.717, 1.165) is 62.4 Å². The van der Waals surface area contributed by atoms with Crippen LogP contribution in [0.2, 0.25) is 0 Å². The summed E-state index contributed by atoms with van der Waals surface area (Å²) in [6.45, 7) is 8.57. The molecule has 6 heteroatoms. The van der Waals surface area contributed by atoms with Crippen molar-refractivity contribution in [2.75, 3.05) is 34.2 Å². The van der Waals surface area contributed by atoms with Crippen molar-refractivity contribution in [1.29, 1.82) is 0 Å². The summed E-state index contributed by atoms with van der Waals surface area (Å²) in [7, 11) is 6.40. The standard InChI is InChI=1S/C29H52N2O4/c1-18(7-10-26(35)30-13-14-31(4,5)6)21-8-9-22-27-23(17-25(34)29(21,22)3)28(2)12-11-20(32)15-19(28)16-24(27)33/h18-25,27,32-34H,7-17H2,1-6H3/p+1/t18-,19?,20-,21-,22?,23?,24?,25+,27?,28+,29-/m1/s1. The van der Waals surface area contributed by atoms with Crippen LogP contribution in [0.25, 0.3) is 0 Å². The Morgan fingerprint density at radius 1 is 1.03 bits per heavy atom. The highest BCUT2D eigenvalue weighted by molar-refractivity contribution is 5.75. The molecule has 35 heavy (non-hydrogen) atoms. The molecule has 1 amide bonds. The molecule has 0 bridgehead atoms. The molecule has 0 saturated heterocycles. The lowest BCUT2D eigenvalue weighted by Crippen LogP contribution is -2.62. The number of quaternary nitrogens is 1. The van der Waals surface area contributed by atoms with Gasteiger partial charge in [-0.1, -0.05) is 20.8 Å². The largest absolute Gasteiger partial charge is 0.393 e. The third-order valence-electron chi connectivity index (χ3n) is 11.5. The molecule has 0 aliphatic heterocycles. The third kappa shape index (κ3) is 5.06. The maximum Gasteiger partial charge on any atom is 0.220 e. The zero-order valence-corrected chi connectivity index (χ0v) is 23.2. The van der Waals surface area contributed by atoms with Crippen molar-refractivity contribution in [3.63, 3.8) is 0 Å². The van der Waals surface area contributed by atoms with Crippen LogP contribution in [-0.4, -0.2) is 78.3 Å². The van der Waals surface area contributed by atoms with Crippen molar-refractivity contribution in [2.24, 2.45) is 46.3 Å². The van der Waals surface area contributed by atoms with Gasteiger partial charge in [-0.25, -0.2) is 0 Å². The Labute approximate surface area is 213 Å². The van der Waals surface area contributed by atoms with Gasteiger partial charge < -0.3 is 25.1 Å². The zero-order valence-electron chi connectivity index (χ0n) is 23.2. The van der Waals surface area contributed by atoms with E-state index >= 15 is 0 Å². The molecule has 4 rings (SSSR count). The number of aliphatic hydroxyl groups excluding tert-OH is 3. The van der Waals surface area contributed by atoms with Gasteiger partial charge in [-0.05, 0) is 97.7 Å². The molecule has 4 fully saturated rings. The number of rotatable bonds is 7. The Hall–Kier alpha value is -0.690. The molecule has 0 heterocycles. The number of amides is 1. The molecule has 11 atom stereocenters. The van der Waals surface area contributed by atoms with Gasteiger partial charge in [-0.15, -0.1) is 0 Å². The van der Waals surface area contributed by atoms with E-state index in [4.69, 9.17) is 0 Å². The number of fused-ring (bicyclic) bond motifs is 5. The van der Waals surface area contributed by atoms with Crippen LogP contribution in [-0.2, 0) is 4.79 Å². The first-order chi connectivity index (χ1) is 16.3. The van der Waals surface area contributed by atoms with Gasteiger partial charge in [0.2, 0.25) is 5.91 Å². The van der Waals surface area contributed by atoms with Crippen molar-refractivity contribution >= 4 is 5.91 Å². The van der Waals surface area contributed by atoms with Gasteiger partial charge in [0.25, 0.3) is 0 Å². The van der Waals surface area contributed by atoms with Crippen LogP contribution >= 0.6 is 0 Å². The summed E-state index contributed by atoms with van der Waals surface area (Å²) in [4.78, 5) is 12.5. The minimum Gasteiger partial charge on any atom is -0.393 e. The minimum atomic E-state index is -0.364. The SMILES string of the molecule is C[C@H](CCC(=O)NCC[N+](C)(C)C)[C@H]1CCC2C3C(O)CC4C[C@H](O)CC[C@]4(C)C3C[C@H](O)[C@@]21C. The summed E-state index contributed by atoms with van der Waals surface area (Å²) < 4.78 is 0.838. The lowest BCUT2D eigenvalue weighted by molar-refractivity contribution is -0.869. The van der Waals surface area contributed by atoms with Gasteiger partial charge in [0.05, 0.1) is 52.5 Å². The number of carbonyl (C=O) groups is 1. The molecule has 4 saturated carbocycles. The second kappa shape index (κ2) is 9.89. The number of likely N-dealkylation sites (N-methyl/N-ethyl adjacent to an activating group) is 1. The quantitative estimate of drug-likeness (QED) is 0.410. The van der Waals surface area contributed by atoms with Gasteiger partial charge in [0.1, 0.15) is 0 Å². The average Bonchev–Trinajstić information content (AvgIpc) is 3.12. The van der Waals surface area contributed by atoms with Crippen molar-refractivity contribution in [1.82, 2.24) is 5.32 Å². The molecule has 0 radical (unpaired) electrons. The molecular weight excluding hydrogens is 440 g/mol. The highest BCUT2D eigenvalue weighted by atomic mass is 16.3. The molecule has 5 unspecified atom stereocenters. The summed E-state index contributed by atoms with van der Waals surface area (Å²) in [5, 5.41) is 36.5. The van der Waals surface area contributed by atoms with E-state index in [1.54, 1.807) is 0 Å². The van der Waals surface area contributed by atoms with Crippen molar-refractivity contribution in [2.45, 2.75) is 96.9 Å². The molecular formula is C29H53N2O4+. The molecule has 0 aromatic heterocycles. The minimum absolute atomic E-state index is 0.110. The van der Waals surface area contributed by atoms with Crippen molar-refractivity contribution in [3.8, 4) is 0 Å². The van der Waals surface area contributed by atoms with Gasteiger partial charge >= 0.3 is 0 Å². The summed E-state index contributed by atoms with van der Waals surface area (Å²) in [6, 6.07) is 0. The number of hydrogen-bond donors (Lipinski definition) is 4. The fourth-order valence-corrected chi connectivity index (χ4v) is 9.31. The van der Waals surface area contributed by atoms with Crippen molar-refractivity contribution in [3.05, 3.63) is 0 Å². The molecule has 4 N–H and O–H groups in total. The Balaban J connectivity index is 1.42. The second-order valence-corrected chi connectivity index (χ2v) is 14.4. The summed E-state index contributed by atoms with van der Waals surface area (Å²) in [6.07, 6.45) is 6.83. The maximum atomic E-state index is 12.5. The van der Waals surface area contributed by atoms with Crippen molar-refractivity contribution < 1.29 is 24.6 Å². The number of nitrogens with zero attached hydrogens (tertiary/aromatic N) is 1. The van der Waals surface area contributed by atoms with Gasteiger partial charge in [-0.2, -0.15) is 0 Å². The summed E-state index contributed by atoms with van der Waals surface area (Å²) >= 11 is 0. The molecule has 4 aliphatic carbocycles. The number of aliphatic hydroxyl groups is 3. The molecule has 4 aliphatic rings. The first-order valence-electron chi connectivity index (χ1n) is 14.4.